The lowest BCUT2D eigenvalue weighted by molar-refractivity contribution is -0.385. The molecule has 9 nitrogen and oxygen atoms in total. The number of hydrogen-bond acceptors (Lipinski definition) is 7. The Hall–Kier alpha value is -4.73. The van der Waals surface area contributed by atoms with Gasteiger partial charge in [-0.3, -0.25) is 14.9 Å². The highest BCUT2D eigenvalue weighted by Crippen LogP contribution is 2.37. The summed E-state index contributed by atoms with van der Waals surface area (Å²) in [4.78, 5) is 30.1. The molecule has 0 bridgehead atoms. The fourth-order valence-corrected chi connectivity index (χ4v) is 5.39. The maximum absolute atomic E-state index is 13.8. The van der Waals surface area contributed by atoms with Crippen LogP contribution in [-0.4, -0.2) is 27.4 Å². The van der Waals surface area contributed by atoms with Crippen molar-refractivity contribution in [3.05, 3.63) is 126 Å². The summed E-state index contributed by atoms with van der Waals surface area (Å²) in [5.41, 5.74) is 3.20. The van der Waals surface area contributed by atoms with Crippen molar-refractivity contribution >= 4 is 46.0 Å². The molecule has 5 rings (SSSR count). The molecule has 1 aromatic heterocycles. The molecule has 5 aromatic rings. The molecule has 0 aliphatic carbocycles. The third kappa shape index (κ3) is 6.69. The largest absolute Gasteiger partial charge is 0.494 e. The van der Waals surface area contributed by atoms with Crippen molar-refractivity contribution in [3.8, 4) is 22.9 Å². The molecule has 4 aromatic carbocycles. The topological polar surface area (TPSA) is 109 Å². The zero-order valence-corrected chi connectivity index (χ0v) is 26.6. The number of nitro groups is 1. The Morgan fingerprint density at radius 3 is 2.47 bits per heavy atom. The summed E-state index contributed by atoms with van der Waals surface area (Å²) in [7, 11) is 0. The molecule has 1 heterocycles. The van der Waals surface area contributed by atoms with E-state index in [-0.39, 0.29) is 34.5 Å². The van der Waals surface area contributed by atoms with Gasteiger partial charge in [-0.05, 0) is 67.3 Å². The third-order valence-electron chi connectivity index (χ3n) is 7.17. The Morgan fingerprint density at radius 1 is 1.02 bits per heavy atom. The normalized spacial score (nSPS) is 11.4. The van der Waals surface area contributed by atoms with E-state index in [1.807, 2.05) is 32.0 Å². The number of nitro benzene ring substituents is 1. The van der Waals surface area contributed by atoms with Gasteiger partial charge in [0, 0.05) is 27.8 Å². The molecule has 0 amide bonds. The van der Waals surface area contributed by atoms with Crippen LogP contribution in [0.5, 0.6) is 11.5 Å². The van der Waals surface area contributed by atoms with Crippen LogP contribution in [0.25, 0.3) is 22.3 Å². The minimum Gasteiger partial charge on any atom is -0.494 e. The van der Waals surface area contributed by atoms with Gasteiger partial charge >= 0.3 is 5.69 Å². The van der Waals surface area contributed by atoms with Gasteiger partial charge in [-0.2, -0.15) is 9.78 Å². The first-order chi connectivity index (χ1) is 21.6. The van der Waals surface area contributed by atoms with Crippen molar-refractivity contribution in [3.63, 3.8) is 0 Å². The van der Waals surface area contributed by atoms with Gasteiger partial charge in [0.05, 0.1) is 33.7 Å². The average Bonchev–Trinajstić information content (AvgIpc) is 3.00. The van der Waals surface area contributed by atoms with E-state index in [1.54, 1.807) is 42.5 Å². The van der Waals surface area contributed by atoms with Crippen LogP contribution in [0.2, 0.25) is 10.0 Å². The Kier molecular flexibility index (Phi) is 9.51. The Balaban J connectivity index is 1.62. The van der Waals surface area contributed by atoms with E-state index in [0.29, 0.717) is 39.5 Å². The number of benzene rings is 4. The second kappa shape index (κ2) is 13.5. The van der Waals surface area contributed by atoms with Gasteiger partial charge in [0.2, 0.25) is 5.75 Å². The zero-order valence-electron chi connectivity index (χ0n) is 25.1. The molecular weight excluding hydrogens is 615 g/mol. The summed E-state index contributed by atoms with van der Waals surface area (Å²) >= 11 is 12.7. The summed E-state index contributed by atoms with van der Waals surface area (Å²) in [6.45, 7) is 8.47. The Morgan fingerprint density at radius 2 is 1.76 bits per heavy atom. The maximum Gasteiger partial charge on any atom is 0.313 e. The number of rotatable bonds is 10. The standard InChI is InChI=1S/C34H30Cl2N4O5/c1-5-44-31-14-21(4)26(17-25(31)20(2)3)33-38-29-13-9-7-11-24(29)34(41)39(33)37-18-22-15-28(36)32(30(16-22)40(42)43)45-19-23-10-6-8-12-27(23)35/h6-18,20H,5,19H2,1-4H3. The SMILES string of the molecule is CCOc1cc(C)c(-c2nc3ccccc3c(=O)n2N=Cc2cc(Cl)c(OCc3ccccc3Cl)c([N+](=O)[O-])c2)cc1C(C)C. The van der Waals surface area contributed by atoms with Gasteiger partial charge in [-0.25, -0.2) is 4.98 Å². The fraction of sp³-hybridized carbons (Fsp3) is 0.206. The summed E-state index contributed by atoms with van der Waals surface area (Å²) < 4.78 is 12.9. The van der Waals surface area contributed by atoms with E-state index in [0.717, 1.165) is 16.9 Å². The van der Waals surface area contributed by atoms with Gasteiger partial charge < -0.3 is 9.47 Å². The van der Waals surface area contributed by atoms with Crippen molar-refractivity contribution in [2.75, 3.05) is 6.61 Å². The molecule has 11 heteroatoms. The summed E-state index contributed by atoms with van der Waals surface area (Å²) in [5, 5.41) is 17.4. The molecule has 0 unspecified atom stereocenters. The Labute approximate surface area is 269 Å². The van der Waals surface area contributed by atoms with Crippen molar-refractivity contribution in [1.82, 2.24) is 9.66 Å². The summed E-state index contributed by atoms with van der Waals surface area (Å²) in [6, 6.07) is 20.7. The smallest absolute Gasteiger partial charge is 0.313 e. The van der Waals surface area contributed by atoms with E-state index >= 15 is 0 Å². The first-order valence-electron chi connectivity index (χ1n) is 14.3. The van der Waals surface area contributed by atoms with Crippen LogP contribution < -0.4 is 15.0 Å². The molecule has 0 spiro atoms. The number of fused-ring (bicyclic) bond motifs is 1. The van der Waals surface area contributed by atoms with E-state index in [4.69, 9.17) is 37.7 Å². The molecule has 0 aliphatic heterocycles. The molecule has 45 heavy (non-hydrogen) atoms. The van der Waals surface area contributed by atoms with Crippen LogP contribution in [0.3, 0.4) is 0 Å². The number of para-hydroxylation sites is 1. The molecule has 230 valence electrons. The number of ether oxygens (including phenoxy) is 2. The van der Waals surface area contributed by atoms with E-state index in [9.17, 15) is 14.9 Å². The van der Waals surface area contributed by atoms with E-state index in [1.165, 1.54) is 23.0 Å². The monoisotopic (exact) mass is 644 g/mol. The van der Waals surface area contributed by atoms with Crippen LogP contribution in [0.15, 0.2) is 82.7 Å². The van der Waals surface area contributed by atoms with Gasteiger partial charge in [0.25, 0.3) is 5.56 Å². The van der Waals surface area contributed by atoms with Gasteiger partial charge in [0.15, 0.2) is 5.82 Å². The van der Waals surface area contributed by atoms with Crippen LogP contribution in [0.4, 0.5) is 5.69 Å². The molecule has 0 saturated heterocycles. The molecule has 0 N–H and O–H groups in total. The number of aromatic nitrogens is 2. The molecular formula is C34H30Cl2N4O5. The van der Waals surface area contributed by atoms with Gasteiger partial charge in [-0.15, -0.1) is 0 Å². The molecule has 0 saturated carbocycles. The first kappa shape index (κ1) is 31.7. The fourth-order valence-electron chi connectivity index (χ4n) is 4.92. The highest BCUT2D eigenvalue weighted by atomic mass is 35.5. The number of nitrogens with zero attached hydrogens (tertiary/aromatic N) is 4. The quantitative estimate of drug-likeness (QED) is 0.0855. The van der Waals surface area contributed by atoms with Gasteiger partial charge in [-0.1, -0.05) is 67.4 Å². The van der Waals surface area contributed by atoms with E-state index in [2.05, 4.69) is 18.9 Å². The van der Waals surface area contributed by atoms with Crippen molar-refractivity contribution < 1.29 is 14.4 Å². The number of hydrogen-bond donors (Lipinski definition) is 0. The number of halogens is 2. The second-order valence-corrected chi connectivity index (χ2v) is 11.4. The Bertz CT molecular complexity index is 2010. The maximum atomic E-state index is 13.8. The van der Waals surface area contributed by atoms with Crippen LogP contribution in [-0.2, 0) is 6.61 Å². The third-order valence-corrected chi connectivity index (χ3v) is 7.82. The predicted molar refractivity (Wildman–Crippen MR) is 178 cm³/mol. The lowest BCUT2D eigenvalue weighted by Crippen LogP contribution is -2.21. The lowest BCUT2D eigenvalue weighted by Gasteiger charge is -2.18. The lowest BCUT2D eigenvalue weighted by atomic mass is 9.96. The highest BCUT2D eigenvalue weighted by molar-refractivity contribution is 6.32. The first-order valence-corrected chi connectivity index (χ1v) is 15.0. The molecule has 0 fully saturated rings. The van der Waals surface area contributed by atoms with Gasteiger partial charge in [0.1, 0.15) is 12.4 Å². The highest BCUT2D eigenvalue weighted by Gasteiger charge is 2.22. The van der Waals surface area contributed by atoms with Crippen LogP contribution in [0.1, 0.15) is 48.9 Å². The summed E-state index contributed by atoms with van der Waals surface area (Å²) in [6.07, 6.45) is 1.34. The van der Waals surface area contributed by atoms with Crippen molar-refractivity contribution in [1.29, 1.82) is 0 Å². The zero-order chi connectivity index (χ0) is 32.2. The minimum atomic E-state index is -0.586. The van der Waals surface area contributed by atoms with Crippen molar-refractivity contribution in [2.24, 2.45) is 5.10 Å². The van der Waals surface area contributed by atoms with Crippen LogP contribution >= 0.6 is 23.2 Å². The minimum absolute atomic E-state index is 0.00541. The second-order valence-electron chi connectivity index (χ2n) is 10.6. The molecule has 0 aliphatic rings. The molecule has 0 atom stereocenters. The van der Waals surface area contributed by atoms with Crippen LogP contribution in [0, 0.1) is 17.0 Å². The number of aryl methyl sites for hydroxylation is 1. The predicted octanol–water partition coefficient (Wildman–Crippen LogP) is 8.57. The van der Waals surface area contributed by atoms with E-state index < -0.39 is 10.5 Å². The van der Waals surface area contributed by atoms with Crippen molar-refractivity contribution in [2.45, 2.75) is 40.2 Å². The average molecular weight is 646 g/mol. The molecule has 0 radical (unpaired) electrons. The summed E-state index contributed by atoms with van der Waals surface area (Å²) in [5.74, 6) is 1.12.